The van der Waals surface area contributed by atoms with E-state index in [0.717, 1.165) is 0 Å². The summed E-state index contributed by atoms with van der Waals surface area (Å²) >= 11 is 0. The van der Waals surface area contributed by atoms with Crippen molar-refractivity contribution in [3.63, 3.8) is 0 Å². The summed E-state index contributed by atoms with van der Waals surface area (Å²) in [7, 11) is -7.86. The highest BCUT2D eigenvalue weighted by Gasteiger charge is 2.53. The molecule has 3 fully saturated rings. The molecule has 0 spiro atoms. The third-order valence-electron chi connectivity index (χ3n) is 7.11. The molecule has 190 valence electrons. The highest BCUT2D eigenvalue weighted by atomic mass is 31.2. The molecule has 0 saturated carbocycles. The smallest absolute Gasteiger partial charge is 0.409 e. The number of phosphoric acid groups is 2. The van der Waals surface area contributed by atoms with Crippen LogP contribution in [0.4, 0.5) is 0 Å². The van der Waals surface area contributed by atoms with E-state index < -0.39 is 67.1 Å². The molecular formula is C17H36B2O11P2Si. The van der Waals surface area contributed by atoms with Crippen LogP contribution in [0.5, 0.6) is 0 Å². The van der Waals surface area contributed by atoms with Crippen LogP contribution in [0.1, 0.15) is 27.7 Å². The van der Waals surface area contributed by atoms with Gasteiger partial charge in [0.05, 0.1) is 25.3 Å². The first-order chi connectivity index (χ1) is 14.9. The molecule has 10 atom stereocenters. The van der Waals surface area contributed by atoms with Crippen molar-refractivity contribution in [1.29, 1.82) is 0 Å². The van der Waals surface area contributed by atoms with Crippen molar-refractivity contribution in [2.24, 2.45) is 5.92 Å². The standard InChI is InChI=1S/C17H36B2O11P2Si/c1-9-12-10(26-15(9)18)7-24-32(22,23)29-13-11(8-25-31(20,21)28-12)27-16(19)14(13)30-33(5,6)17(2,3)4/h9-16H,7-8,18-19H2,1-6H3,(H,20,21)(H,22,23)/t9?,10-,11-,12-,13?,14+,15-,16-/m1/s1. The minimum absolute atomic E-state index is 0.136. The van der Waals surface area contributed by atoms with Gasteiger partial charge in [0.25, 0.3) is 0 Å². The van der Waals surface area contributed by atoms with Crippen molar-refractivity contribution >= 4 is 39.7 Å². The molecule has 0 aliphatic carbocycles. The number of fused-ring (bicyclic) bond motifs is 2. The van der Waals surface area contributed by atoms with Gasteiger partial charge in [-0.05, 0) is 18.1 Å². The fourth-order valence-electron chi connectivity index (χ4n) is 3.94. The summed E-state index contributed by atoms with van der Waals surface area (Å²) in [6.07, 6.45) is -4.45. The lowest BCUT2D eigenvalue weighted by Crippen LogP contribution is -2.50. The summed E-state index contributed by atoms with van der Waals surface area (Å²) in [5.41, 5.74) is 0. The van der Waals surface area contributed by atoms with Gasteiger partial charge in [0.2, 0.25) is 0 Å². The van der Waals surface area contributed by atoms with E-state index in [1.165, 1.54) is 0 Å². The lowest BCUT2D eigenvalue weighted by Gasteiger charge is -2.40. The maximum absolute atomic E-state index is 12.9. The average Bonchev–Trinajstić information content (AvgIpc) is 3.07. The Hall–Kier alpha value is 0.447. The Bertz CT molecular complexity index is 812. The van der Waals surface area contributed by atoms with E-state index in [2.05, 4.69) is 20.8 Å². The molecular weight excluding hydrogens is 492 g/mol. The fourth-order valence-corrected chi connectivity index (χ4v) is 7.29. The van der Waals surface area contributed by atoms with Gasteiger partial charge in [0.1, 0.15) is 40.1 Å². The van der Waals surface area contributed by atoms with Crippen LogP contribution in [0.15, 0.2) is 0 Å². The number of rotatable bonds is 2. The lowest BCUT2D eigenvalue weighted by molar-refractivity contribution is -0.0456. The van der Waals surface area contributed by atoms with Crippen molar-refractivity contribution in [3.8, 4) is 0 Å². The van der Waals surface area contributed by atoms with Crippen LogP contribution in [0.2, 0.25) is 18.1 Å². The Kier molecular flexibility index (Phi) is 8.26. The second-order valence-electron chi connectivity index (χ2n) is 10.6. The summed E-state index contributed by atoms with van der Waals surface area (Å²) in [5, 5.41) is -0.136. The Morgan fingerprint density at radius 1 is 0.909 bits per heavy atom. The van der Waals surface area contributed by atoms with Gasteiger partial charge in [0, 0.05) is 11.9 Å². The third-order valence-corrected chi connectivity index (χ3v) is 13.6. The molecule has 11 nitrogen and oxygen atoms in total. The molecule has 0 aromatic rings. The highest BCUT2D eigenvalue weighted by molar-refractivity contribution is 7.47. The Morgan fingerprint density at radius 3 is 1.88 bits per heavy atom. The summed E-state index contributed by atoms with van der Waals surface area (Å²) in [5.74, 6) is -0.275. The van der Waals surface area contributed by atoms with Crippen LogP contribution >= 0.6 is 15.6 Å². The van der Waals surface area contributed by atoms with E-state index in [-0.39, 0.29) is 23.6 Å². The molecule has 3 heterocycles. The average molecular weight is 528 g/mol. The first kappa shape index (κ1) is 28.0. The zero-order valence-corrected chi connectivity index (χ0v) is 23.3. The number of hydrogen-bond donors (Lipinski definition) is 2. The van der Waals surface area contributed by atoms with Gasteiger partial charge in [-0.3, -0.25) is 18.1 Å². The normalized spacial score (nSPS) is 47.9. The van der Waals surface area contributed by atoms with Crippen LogP contribution in [0, 0.1) is 5.92 Å². The van der Waals surface area contributed by atoms with Crippen molar-refractivity contribution in [1.82, 2.24) is 0 Å². The molecule has 4 unspecified atom stereocenters. The quantitative estimate of drug-likeness (QED) is 0.388. The number of phosphoric ester groups is 2. The predicted molar refractivity (Wildman–Crippen MR) is 127 cm³/mol. The highest BCUT2D eigenvalue weighted by Crippen LogP contribution is 2.53. The largest absolute Gasteiger partial charge is 0.472 e. The molecule has 3 aliphatic rings. The van der Waals surface area contributed by atoms with Crippen LogP contribution in [-0.2, 0) is 41.1 Å². The van der Waals surface area contributed by atoms with Gasteiger partial charge in [-0.1, -0.05) is 27.7 Å². The van der Waals surface area contributed by atoms with Crippen LogP contribution < -0.4 is 0 Å². The molecule has 3 saturated heterocycles. The molecule has 3 rings (SSSR count). The fraction of sp³-hybridized carbons (Fsp3) is 1.00. The van der Waals surface area contributed by atoms with Gasteiger partial charge in [-0.25, -0.2) is 9.13 Å². The van der Waals surface area contributed by atoms with Gasteiger partial charge >= 0.3 is 15.6 Å². The van der Waals surface area contributed by atoms with Crippen LogP contribution in [0.25, 0.3) is 0 Å². The topological polar surface area (TPSA) is 139 Å². The maximum atomic E-state index is 12.9. The van der Waals surface area contributed by atoms with Crippen molar-refractivity contribution < 1.29 is 50.9 Å². The van der Waals surface area contributed by atoms with E-state index >= 15 is 0 Å². The molecule has 16 heteroatoms. The van der Waals surface area contributed by atoms with Crippen LogP contribution in [-0.4, -0.2) is 89.5 Å². The second-order valence-corrected chi connectivity index (χ2v) is 18.2. The van der Waals surface area contributed by atoms with Gasteiger partial charge < -0.3 is 23.7 Å². The first-order valence-electron chi connectivity index (χ1n) is 11.2. The second kappa shape index (κ2) is 9.72. The van der Waals surface area contributed by atoms with E-state index in [4.69, 9.17) is 32.0 Å². The molecule has 2 N–H and O–H groups in total. The molecule has 0 bridgehead atoms. The SMILES string of the molecule is B[C@@H]1O[C@@H]2COP(=O)(O)OC3[C@@H](COP(=O)(O)O[C@@H]2C1C)O[C@@H](B)[C@H]3O[Si](C)(C)C(C)(C)C. The molecule has 3 aliphatic heterocycles. The molecule has 0 aromatic heterocycles. The Morgan fingerprint density at radius 2 is 1.36 bits per heavy atom. The minimum Gasteiger partial charge on any atom is -0.409 e. The third kappa shape index (κ3) is 6.42. The summed E-state index contributed by atoms with van der Waals surface area (Å²) in [6.45, 7) is 11.3. The predicted octanol–water partition coefficient (Wildman–Crippen LogP) is 0.747. The minimum atomic E-state index is -4.57. The molecule has 0 aromatic carbocycles. The zero-order valence-electron chi connectivity index (χ0n) is 20.5. The number of hydrogen-bond acceptors (Lipinski definition) is 9. The van der Waals surface area contributed by atoms with E-state index in [9.17, 15) is 18.9 Å². The first-order valence-corrected chi connectivity index (χ1v) is 17.1. The Balaban J connectivity index is 1.88. The maximum Gasteiger partial charge on any atom is 0.472 e. The zero-order chi connectivity index (χ0) is 25.0. The monoisotopic (exact) mass is 528 g/mol. The van der Waals surface area contributed by atoms with E-state index in [1.807, 2.05) is 13.1 Å². The van der Waals surface area contributed by atoms with Crippen molar-refractivity contribution in [3.05, 3.63) is 0 Å². The Labute approximate surface area is 198 Å². The van der Waals surface area contributed by atoms with Gasteiger partial charge in [-0.2, -0.15) is 0 Å². The molecule has 0 amide bonds. The van der Waals surface area contributed by atoms with Gasteiger partial charge in [0.15, 0.2) is 8.32 Å². The van der Waals surface area contributed by atoms with Crippen LogP contribution in [0.3, 0.4) is 0 Å². The van der Waals surface area contributed by atoms with E-state index in [0.29, 0.717) is 0 Å². The molecule has 33 heavy (non-hydrogen) atoms. The summed E-state index contributed by atoms with van der Waals surface area (Å²) in [6, 6.07) is -0.843. The summed E-state index contributed by atoms with van der Waals surface area (Å²) < 4.78 is 65.1. The molecule has 0 radical (unpaired) electrons. The summed E-state index contributed by atoms with van der Waals surface area (Å²) in [4.78, 5) is 20.8. The van der Waals surface area contributed by atoms with Crippen molar-refractivity contribution in [2.75, 3.05) is 13.2 Å². The van der Waals surface area contributed by atoms with Crippen molar-refractivity contribution in [2.45, 2.75) is 88.4 Å². The lowest BCUT2D eigenvalue weighted by atomic mass is 9.86. The van der Waals surface area contributed by atoms with Gasteiger partial charge in [-0.15, -0.1) is 0 Å². The number of ether oxygens (including phenoxy) is 2. The van der Waals surface area contributed by atoms with E-state index in [1.54, 1.807) is 22.6 Å².